The molecule has 0 aliphatic carbocycles. The van der Waals surface area contributed by atoms with Crippen molar-refractivity contribution >= 4 is 17.6 Å². The third-order valence-corrected chi connectivity index (χ3v) is 6.14. The molecule has 1 aliphatic heterocycles. The highest BCUT2D eigenvalue weighted by atomic mass is 16.2. The van der Waals surface area contributed by atoms with E-state index in [4.69, 9.17) is 0 Å². The lowest BCUT2D eigenvalue weighted by Gasteiger charge is -2.37. The first kappa shape index (κ1) is 23.8. The van der Waals surface area contributed by atoms with Crippen molar-refractivity contribution in [3.63, 3.8) is 0 Å². The topological polar surface area (TPSA) is 64.7 Å². The lowest BCUT2D eigenvalue weighted by Crippen LogP contribution is -2.52. The summed E-state index contributed by atoms with van der Waals surface area (Å²) < 4.78 is 0. The highest BCUT2D eigenvalue weighted by Gasteiger charge is 2.29. The van der Waals surface area contributed by atoms with Crippen LogP contribution in [0.2, 0.25) is 0 Å². The molecule has 0 bridgehead atoms. The normalized spacial score (nSPS) is 14.9. The van der Waals surface area contributed by atoms with Crippen LogP contribution in [0.15, 0.2) is 48.5 Å². The van der Waals surface area contributed by atoms with Crippen molar-refractivity contribution in [3.05, 3.63) is 65.2 Å². The number of nitrogens with one attached hydrogen (secondary N) is 2. The van der Waals surface area contributed by atoms with Crippen molar-refractivity contribution in [2.75, 3.05) is 25.5 Å². The van der Waals surface area contributed by atoms with Gasteiger partial charge in [-0.25, -0.2) is 4.79 Å². The number of carbonyl (C=O) groups excluding carboxylic acids is 2. The average molecular weight is 437 g/mol. The Labute approximate surface area is 192 Å². The zero-order chi connectivity index (χ0) is 23.3. The molecule has 1 unspecified atom stereocenters. The Morgan fingerprint density at radius 2 is 1.81 bits per heavy atom. The van der Waals surface area contributed by atoms with E-state index in [1.807, 2.05) is 24.3 Å². The third-order valence-electron chi connectivity index (χ3n) is 6.14. The Hall–Kier alpha value is -2.86. The molecule has 0 aromatic heterocycles. The van der Waals surface area contributed by atoms with Gasteiger partial charge in [-0.15, -0.1) is 0 Å². The lowest BCUT2D eigenvalue weighted by atomic mass is 9.86. The second-order valence-corrected chi connectivity index (χ2v) is 9.85. The molecule has 1 heterocycles. The van der Waals surface area contributed by atoms with Crippen LogP contribution in [0.5, 0.6) is 0 Å². The molecule has 0 fully saturated rings. The molecule has 1 aliphatic rings. The minimum absolute atomic E-state index is 0.000193. The van der Waals surface area contributed by atoms with Gasteiger partial charge in [-0.05, 0) is 40.7 Å². The van der Waals surface area contributed by atoms with Crippen molar-refractivity contribution < 1.29 is 9.59 Å². The third kappa shape index (κ3) is 6.57. The van der Waals surface area contributed by atoms with E-state index in [9.17, 15) is 9.59 Å². The maximum atomic E-state index is 12.8. The maximum absolute atomic E-state index is 12.8. The molecule has 6 nitrogen and oxygen atoms in total. The van der Waals surface area contributed by atoms with E-state index >= 15 is 0 Å². The predicted octanol–water partition coefficient (Wildman–Crippen LogP) is 4.26. The van der Waals surface area contributed by atoms with Crippen LogP contribution in [0.1, 0.15) is 44.4 Å². The van der Waals surface area contributed by atoms with E-state index in [0.29, 0.717) is 6.54 Å². The van der Waals surface area contributed by atoms with Gasteiger partial charge >= 0.3 is 6.03 Å². The monoisotopic (exact) mass is 436 g/mol. The minimum Gasteiger partial charge on any atom is -0.342 e. The molecular formula is C26H36N4O2. The lowest BCUT2D eigenvalue weighted by molar-refractivity contribution is -0.128. The Balaban J connectivity index is 1.61. The van der Waals surface area contributed by atoms with Crippen LogP contribution in [0, 0.1) is 5.41 Å². The Morgan fingerprint density at radius 1 is 1.09 bits per heavy atom. The fraction of sp³-hybridized carbons (Fsp3) is 0.462. The quantitative estimate of drug-likeness (QED) is 0.711. The highest BCUT2D eigenvalue weighted by molar-refractivity contribution is 5.89. The second kappa shape index (κ2) is 10.2. The maximum Gasteiger partial charge on any atom is 0.319 e. The zero-order valence-corrected chi connectivity index (χ0v) is 19.9. The van der Waals surface area contributed by atoms with Crippen LogP contribution < -0.4 is 10.6 Å². The summed E-state index contributed by atoms with van der Waals surface area (Å²) in [7, 11) is 1.77. The molecule has 32 heavy (non-hydrogen) atoms. The number of fused-ring (bicyclic) bond motifs is 1. The fourth-order valence-corrected chi connectivity index (χ4v) is 3.96. The molecule has 0 saturated heterocycles. The van der Waals surface area contributed by atoms with E-state index in [1.54, 1.807) is 18.9 Å². The number of nitrogens with zero attached hydrogens (tertiary/aromatic N) is 2. The van der Waals surface area contributed by atoms with E-state index in [1.165, 1.54) is 11.1 Å². The largest absolute Gasteiger partial charge is 0.342 e. The number of benzene rings is 2. The van der Waals surface area contributed by atoms with Crippen LogP contribution in [0.25, 0.3) is 0 Å². The first-order valence-corrected chi connectivity index (χ1v) is 11.3. The molecule has 2 aromatic rings. The molecule has 2 aromatic carbocycles. The molecule has 0 radical (unpaired) electrons. The van der Waals surface area contributed by atoms with Crippen LogP contribution in [0.4, 0.5) is 10.5 Å². The van der Waals surface area contributed by atoms with E-state index in [0.717, 1.165) is 37.3 Å². The second-order valence-electron chi connectivity index (χ2n) is 9.85. The molecule has 0 spiro atoms. The number of hydrogen-bond acceptors (Lipinski definition) is 3. The first-order chi connectivity index (χ1) is 15.1. The Kier molecular flexibility index (Phi) is 7.56. The molecular weight excluding hydrogens is 400 g/mol. The van der Waals surface area contributed by atoms with E-state index in [2.05, 4.69) is 60.6 Å². The summed E-state index contributed by atoms with van der Waals surface area (Å²) in [6, 6.07) is 16.0. The molecule has 0 saturated carbocycles. The first-order valence-electron chi connectivity index (χ1n) is 11.3. The zero-order valence-electron chi connectivity index (χ0n) is 19.9. The molecule has 3 amide bonds. The van der Waals surface area contributed by atoms with Gasteiger partial charge in [-0.2, -0.15) is 0 Å². The van der Waals surface area contributed by atoms with Crippen molar-refractivity contribution in [2.24, 2.45) is 5.41 Å². The van der Waals surface area contributed by atoms with Crippen molar-refractivity contribution in [3.8, 4) is 0 Å². The van der Waals surface area contributed by atoms with Crippen molar-refractivity contribution in [1.29, 1.82) is 0 Å². The summed E-state index contributed by atoms with van der Waals surface area (Å²) in [5.41, 5.74) is 4.41. The number of amides is 3. The number of anilines is 1. The SMILES string of the molecule is CC(=O)N(C)Cc1cccc(NC(=O)NC(CN2CCc3ccccc3C2)C(C)(C)C)c1. The highest BCUT2D eigenvalue weighted by Crippen LogP contribution is 2.24. The van der Waals surface area contributed by atoms with Crippen LogP contribution >= 0.6 is 0 Å². The standard InChI is InChI=1S/C26H36N4O2/c1-19(31)29(5)16-20-9-8-12-23(15-20)27-25(32)28-24(26(2,3)4)18-30-14-13-21-10-6-7-11-22(21)17-30/h6-12,15,24H,13-14,16-18H2,1-5H3,(H2,27,28,32). The van der Waals surface area contributed by atoms with Gasteiger partial charge < -0.3 is 15.5 Å². The molecule has 172 valence electrons. The van der Waals surface area contributed by atoms with Gasteiger partial charge in [0.05, 0.1) is 0 Å². The minimum atomic E-state index is -0.209. The fourth-order valence-electron chi connectivity index (χ4n) is 3.96. The van der Waals surface area contributed by atoms with Gasteiger partial charge in [0, 0.05) is 51.9 Å². The van der Waals surface area contributed by atoms with Gasteiger partial charge in [0.25, 0.3) is 0 Å². The summed E-state index contributed by atoms with van der Waals surface area (Å²) in [6.45, 7) is 11.2. The summed E-state index contributed by atoms with van der Waals surface area (Å²) >= 11 is 0. The van der Waals surface area contributed by atoms with Crippen molar-refractivity contribution in [1.82, 2.24) is 15.1 Å². The van der Waals surface area contributed by atoms with Gasteiger partial charge in [-0.1, -0.05) is 57.2 Å². The van der Waals surface area contributed by atoms with Gasteiger partial charge in [0.1, 0.15) is 0 Å². The van der Waals surface area contributed by atoms with Gasteiger partial charge in [0.15, 0.2) is 0 Å². The number of rotatable bonds is 6. The molecule has 3 rings (SSSR count). The number of carbonyl (C=O) groups is 2. The Morgan fingerprint density at radius 3 is 2.50 bits per heavy atom. The van der Waals surface area contributed by atoms with Crippen molar-refractivity contribution in [2.45, 2.75) is 53.2 Å². The van der Waals surface area contributed by atoms with Gasteiger partial charge in [-0.3, -0.25) is 9.69 Å². The summed E-state index contributed by atoms with van der Waals surface area (Å²) in [5, 5.41) is 6.17. The van der Waals surface area contributed by atoms with E-state index < -0.39 is 0 Å². The van der Waals surface area contributed by atoms with Gasteiger partial charge in [0.2, 0.25) is 5.91 Å². The summed E-state index contributed by atoms with van der Waals surface area (Å²) in [5.74, 6) is 0.00876. The van der Waals surface area contributed by atoms with Crippen LogP contribution in [-0.4, -0.2) is 47.9 Å². The number of hydrogen-bond donors (Lipinski definition) is 2. The predicted molar refractivity (Wildman–Crippen MR) is 129 cm³/mol. The van der Waals surface area contributed by atoms with E-state index in [-0.39, 0.29) is 23.4 Å². The van der Waals surface area contributed by atoms with Crippen LogP contribution in [0.3, 0.4) is 0 Å². The summed E-state index contributed by atoms with van der Waals surface area (Å²) in [6.07, 6.45) is 1.04. The molecule has 1 atom stereocenters. The smallest absolute Gasteiger partial charge is 0.319 e. The average Bonchev–Trinajstić information content (AvgIpc) is 2.72. The summed E-state index contributed by atoms with van der Waals surface area (Å²) in [4.78, 5) is 28.4. The Bertz CT molecular complexity index is 951. The molecule has 6 heteroatoms. The van der Waals surface area contributed by atoms with Crippen LogP contribution in [-0.2, 0) is 24.3 Å². The molecule has 2 N–H and O–H groups in total. The number of urea groups is 1.